The summed E-state index contributed by atoms with van der Waals surface area (Å²) in [4.78, 5) is 97.4. The van der Waals surface area contributed by atoms with Crippen molar-refractivity contribution in [2.24, 2.45) is 62.9 Å². The first-order chi connectivity index (χ1) is 50.3. The number of ether oxygens (including phenoxy) is 6. The van der Waals surface area contributed by atoms with Crippen molar-refractivity contribution < 1.29 is 101 Å². The third-order valence-corrected chi connectivity index (χ3v) is 26.5. The summed E-state index contributed by atoms with van der Waals surface area (Å²) in [5.74, 6) is -5.98. The topological polar surface area (TPSA) is 319 Å². The molecule has 0 heterocycles. The number of ketones is 5. The van der Waals surface area contributed by atoms with Gasteiger partial charge in [-0.2, -0.15) is 12.6 Å². The second-order valence-electron chi connectivity index (χ2n) is 30.4. The number of aliphatic hydroxyl groups excluding tert-OH is 2. The number of carbonyl (C=O) groups is 8. The van der Waals surface area contributed by atoms with Gasteiger partial charge in [0.15, 0.2) is 36.1 Å². The number of thioether (sulfide) groups is 1. The standard InChI is InChI=1S/C34H49FO10S.C24H32FNO6.C24H24O3S/c1-22-18-27-26-6-4-23-19-25(37)8-10-31(23,2)33(26,35)28(38)20-32(27,3)34(22,41)29(39)21-45-30(40)7-5-24(36)9-11-42-12-13-43-14-15-44-16-17-46;1-13-8-17-16-5-4-14-9-15(27)6-7-21(14,2)23(16,25)18(28)10-22(17,3)24(13,31)19(29)12-32-20(30)11-26;25-23(26)16-17-27-18-19-28-24(20-10-4-1-5-11-20,21-12-6-2-7-13-21)22-14-8-3-9-15-22/h8,10,19,22,26-28,38,41,46H,4-7,9,11-18,20-21H2,1-3H3;6-7,9,13,16-18,28,31H,4-5,8,10-12,26H2,1-3H3;1-15H,16-19H2,(H,25,26)/t22-,26-,27-,28-,31-,32-,33-,34-;13-,16-,17-,18-,21-,22-,23-,24-;/m00./s1. The number of Topliss-reactive ketones (excluding diaryl/α,β-unsaturated/α-hetero) is 3. The van der Waals surface area contributed by atoms with Crippen molar-refractivity contribution in [3.8, 4) is 0 Å². The number of hydrogen-bond donors (Lipinski definition) is 7. The van der Waals surface area contributed by atoms with E-state index in [1.165, 1.54) is 41.0 Å². The van der Waals surface area contributed by atoms with Crippen molar-refractivity contribution >= 4 is 71.2 Å². The predicted octanol–water partition coefficient (Wildman–Crippen LogP) is 9.77. The van der Waals surface area contributed by atoms with Crippen molar-refractivity contribution in [3.63, 3.8) is 0 Å². The largest absolute Gasteiger partial charge is 0.481 e. The van der Waals surface area contributed by atoms with Gasteiger partial charge in [-0.15, -0.1) is 11.8 Å². The van der Waals surface area contributed by atoms with Gasteiger partial charge in [-0.05, 0) is 130 Å². The summed E-state index contributed by atoms with van der Waals surface area (Å²) in [6, 6.07) is 31.5. The Kier molecular flexibility index (Phi) is 27.7. The molecule has 0 unspecified atom stereocenters. The van der Waals surface area contributed by atoms with Crippen LogP contribution < -0.4 is 5.73 Å². The number of allylic oxidation sites excluding steroid dienone is 8. The molecule has 0 saturated heterocycles. The third-order valence-electron chi connectivity index (χ3n) is 24.9. The fraction of sp³-hybridized carbons (Fsp3) is 0.585. The smallest absolute Gasteiger partial charge is 0.320 e. The summed E-state index contributed by atoms with van der Waals surface area (Å²) in [7, 11) is 0. The van der Waals surface area contributed by atoms with Crippen LogP contribution >= 0.6 is 24.4 Å². The number of rotatable bonds is 31. The van der Waals surface area contributed by atoms with Crippen LogP contribution in [0.5, 0.6) is 0 Å². The molecule has 8 aliphatic rings. The van der Waals surface area contributed by atoms with Crippen LogP contribution in [0.25, 0.3) is 0 Å². The van der Waals surface area contributed by atoms with Gasteiger partial charge < -0.3 is 59.7 Å². The maximum absolute atomic E-state index is 17.3. The molecule has 578 valence electrons. The third kappa shape index (κ3) is 16.0. The highest BCUT2D eigenvalue weighted by Gasteiger charge is 2.77. The summed E-state index contributed by atoms with van der Waals surface area (Å²) in [6.07, 6.45) is 7.97. The molecule has 3 aromatic rings. The van der Waals surface area contributed by atoms with E-state index in [1.54, 1.807) is 53.7 Å². The first-order valence-corrected chi connectivity index (χ1v) is 38.6. The first kappa shape index (κ1) is 83.6. The number of carbonyl (C=O) groups excluding carboxylic acids is 7. The fourth-order valence-corrected chi connectivity index (χ4v) is 20.9. The summed E-state index contributed by atoms with van der Waals surface area (Å²) in [5.41, 5.74) is -2.29. The molecule has 7 N–H and O–H groups in total. The van der Waals surface area contributed by atoms with Gasteiger partial charge in [0.1, 0.15) is 17.0 Å². The van der Waals surface area contributed by atoms with E-state index in [0.717, 1.165) is 5.75 Å². The highest BCUT2D eigenvalue weighted by molar-refractivity contribution is 8.00. The van der Waals surface area contributed by atoms with Crippen molar-refractivity contribution in [2.75, 3.05) is 84.1 Å². The lowest BCUT2D eigenvalue weighted by molar-refractivity contribution is -0.220. The Labute approximate surface area is 629 Å². The number of nitrogens with two attached hydrogens (primary N) is 1. The van der Waals surface area contributed by atoms with E-state index in [0.29, 0.717) is 95.1 Å². The number of carboxylic acid groups (broad SMARTS) is 1. The number of esters is 2. The molecule has 0 amide bonds. The van der Waals surface area contributed by atoms with Crippen LogP contribution in [-0.4, -0.2) is 191 Å². The van der Waals surface area contributed by atoms with Crippen molar-refractivity contribution in [1.82, 2.24) is 0 Å². The second kappa shape index (κ2) is 35.1. The van der Waals surface area contributed by atoms with Crippen LogP contribution in [0.3, 0.4) is 0 Å². The number of fused-ring (bicyclic) bond motifs is 10. The van der Waals surface area contributed by atoms with Gasteiger partial charge in [-0.3, -0.25) is 38.4 Å². The number of alkyl halides is 2. The number of carboxylic acids is 1. The quantitative estimate of drug-likeness (QED) is 0.0136. The Morgan fingerprint density at radius 1 is 0.557 bits per heavy atom. The number of benzene rings is 3. The average molecular weight is 1510 g/mol. The summed E-state index contributed by atoms with van der Waals surface area (Å²) < 4.78 is 65.6. The van der Waals surface area contributed by atoms with E-state index in [9.17, 15) is 58.8 Å². The summed E-state index contributed by atoms with van der Waals surface area (Å²) in [5, 5.41) is 55.2. The summed E-state index contributed by atoms with van der Waals surface area (Å²) in [6.45, 7) is 11.8. The minimum absolute atomic E-state index is 0.0336. The number of aliphatic carboxylic acids is 1. The monoisotopic (exact) mass is 1510 g/mol. The van der Waals surface area contributed by atoms with Gasteiger partial charge in [0.2, 0.25) is 11.6 Å². The van der Waals surface area contributed by atoms with Crippen molar-refractivity contribution in [3.05, 3.63) is 155 Å². The van der Waals surface area contributed by atoms with E-state index >= 15 is 8.78 Å². The molecule has 11 rings (SSSR count). The van der Waals surface area contributed by atoms with Gasteiger partial charge in [0.25, 0.3) is 0 Å². The zero-order valence-electron chi connectivity index (χ0n) is 61.6. The molecule has 6 saturated carbocycles. The Balaban J connectivity index is 0.000000191. The summed E-state index contributed by atoms with van der Waals surface area (Å²) >= 11 is 5.86. The molecule has 3 aromatic carbocycles. The second-order valence-corrected chi connectivity index (χ2v) is 32.2. The molecule has 8 aliphatic carbocycles. The Hall–Kier alpha value is -6.42. The molecule has 0 radical (unpaired) electrons. The van der Waals surface area contributed by atoms with Crippen LogP contribution in [0.1, 0.15) is 135 Å². The van der Waals surface area contributed by atoms with Crippen molar-refractivity contribution in [1.29, 1.82) is 0 Å². The highest BCUT2D eigenvalue weighted by atomic mass is 32.2. The van der Waals surface area contributed by atoms with Gasteiger partial charge >= 0.3 is 17.9 Å². The molecule has 0 aliphatic heterocycles. The maximum Gasteiger partial charge on any atom is 0.320 e. The molecule has 0 spiro atoms. The molecular formula is C82H105F2NO19S2. The minimum atomic E-state index is -2.08. The molecule has 106 heavy (non-hydrogen) atoms. The first-order valence-electron chi connectivity index (χ1n) is 37.0. The molecular weight excluding hydrogens is 1410 g/mol. The van der Waals surface area contributed by atoms with Crippen molar-refractivity contribution in [2.45, 2.75) is 158 Å². The van der Waals surface area contributed by atoms with Gasteiger partial charge in [0, 0.05) is 57.8 Å². The van der Waals surface area contributed by atoms with E-state index in [-0.39, 0.29) is 86.3 Å². The van der Waals surface area contributed by atoms with Crippen LogP contribution in [0.2, 0.25) is 0 Å². The zero-order chi connectivity index (χ0) is 77.1. The van der Waals surface area contributed by atoms with E-state index in [4.69, 9.17) is 39.3 Å². The van der Waals surface area contributed by atoms with Gasteiger partial charge in [-0.25, -0.2) is 8.78 Å². The zero-order valence-corrected chi connectivity index (χ0v) is 63.3. The molecule has 0 aromatic heterocycles. The van der Waals surface area contributed by atoms with E-state index < -0.39 is 129 Å². The predicted molar refractivity (Wildman–Crippen MR) is 397 cm³/mol. The lowest BCUT2D eigenvalue weighted by atomic mass is 9.44. The average Bonchev–Trinajstić information content (AvgIpc) is 1.42. The lowest BCUT2D eigenvalue weighted by Crippen LogP contribution is -2.69. The maximum atomic E-state index is 17.3. The fourth-order valence-electron chi connectivity index (χ4n) is 19.4. The minimum Gasteiger partial charge on any atom is -0.481 e. The number of aliphatic hydroxyl groups is 4. The Morgan fingerprint density at radius 3 is 1.37 bits per heavy atom. The molecule has 0 bridgehead atoms. The Bertz CT molecular complexity index is 3670. The normalized spacial score (nSPS) is 33.0. The van der Waals surface area contributed by atoms with Gasteiger partial charge in [-0.1, -0.05) is 142 Å². The van der Waals surface area contributed by atoms with Crippen LogP contribution in [-0.2, 0) is 71.5 Å². The Morgan fingerprint density at radius 2 is 0.953 bits per heavy atom. The highest BCUT2D eigenvalue weighted by Crippen LogP contribution is 2.73. The van der Waals surface area contributed by atoms with Crippen LogP contribution in [0.4, 0.5) is 8.78 Å². The number of halogens is 2. The SMILES string of the molecule is C[C@H]1C[C@H]2[C@@H]3CCC4=CC(=O)C=C[C@]4(C)[C@@]3(F)[C@@H](O)C[C@]2(C)[C@@]1(O)C(=O)COC(=O)CCC(=O)CCOCCOCCOCCS.C[C@H]1C[C@H]2[C@@H]3CCC4=CC(=O)C=C[C@]4(C)[C@@]3(F)[C@@H](O)C[C@]2(C)[C@@]1(O)C(=O)COC(=O)CN.O=C(O)CCOCCSC(c1ccccc1)(c1ccccc1)c1ccccc1. The molecule has 16 atom stereocenters. The van der Waals surface area contributed by atoms with Gasteiger partial charge in [0.05, 0.1) is 89.2 Å². The van der Waals surface area contributed by atoms with Crippen LogP contribution in [0.15, 0.2) is 139 Å². The molecule has 6 fully saturated rings. The molecule has 20 nitrogen and oxygen atoms in total. The van der Waals surface area contributed by atoms with E-state index in [2.05, 4.69) is 85.4 Å². The number of thiol groups is 1. The lowest BCUT2D eigenvalue weighted by Gasteiger charge is -2.62. The number of hydrogen-bond acceptors (Lipinski definition) is 21. The van der Waals surface area contributed by atoms with E-state index in [1.807, 2.05) is 30.0 Å². The van der Waals surface area contributed by atoms with Crippen LogP contribution in [0, 0.1) is 57.2 Å². The molecule has 24 heteroatoms.